The molecule has 5 heteroatoms. The number of aromatic nitrogens is 3. The van der Waals surface area contributed by atoms with Gasteiger partial charge in [-0.3, -0.25) is 4.98 Å². The van der Waals surface area contributed by atoms with Crippen LogP contribution < -0.4 is 11.1 Å². The van der Waals surface area contributed by atoms with Crippen LogP contribution in [0.1, 0.15) is 42.6 Å². The summed E-state index contributed by atoms with van der Waals surface area (Å²) in [5, 5.41) is 4.73. The van der Waals surface area contributed by atoms with Crippen LogP contribution in [0.5, 0.6) is 0 Å². The Labute approximate surface area is 159 Å². The number of hydrogen-bond donors (Lipinski definition) is 2. The topological polar surface area (TPSA) is 76.7 Å². The van der Waals surface area contributed by atoms with Crippen molar-refractivity contribution in [1.82, 2.24) is 15.0 Å². The minimum Gasteiger partial charge on any atom is -0.367 e. The molecular formula is C22H25N5. The largest absolute Gasteiger partial charge is 0.367 e. The van der Waals surface area contributed by atoms with Gasteiger partial charge < -0.3 is 11.1 Å². The minimum absolute atomic E-state index is 0.339. The van der Waals surface area contributed by atoms with Crippen LogP contribution in [0.4, 0.5) is 5.82 Å². The van der Waals surface area contributed by atoms with Crippen molar-refractivity contribution in [2.75, 3.05) is 5.32 Å². The van der Waals surface area contributed by atoms with Crippen molar-refractivity contribution in [2.24, 2.45) is 5.73 Å². The van der Waals surface area contributed by atoms with Gasteiger partial charge in [0.05, 0.1) is 5.52 Å². The van der Waals surface area contributed by atoms with Crippen molar-refractivity contribution in [3.8, 4) is 0 Å². The van der Waals surface area contributed by atoms with Crippen LogP contribution in [-0.2, 0) is 0 Å². The average molecular weight is 359 g/mol. The predicted octanol–water partition coefficient (Wildman–Crippen LogP) is 4.19. The molecular weight excluding hydrogens is 334 g/mol. The van der Waals surface area contributed by atoms with Gasteiger partial charge in [-0.25, -0.2) is 9.97 Å². The Morgan fingerprint density at radius 3 is 2.56 bits per heavy atom. The lowest BCUT2D eigenvalue weighted by Gasteiger charge is -2.27. The lowest BCUT2D eigenvalue weighted by atomic mass is 9.92. The number of fused-ring (bicyclic) bond motifs is 1. The van der Waals surface area contributed by atoms with Gasteiger partial charge in [0.1, 0.15) is 5.82 Å². The SMILES string of the molecule is Cc1ccc2nc(C=Cc3ccncc3)nc(NC3CCC(N)CC3)c2c1. The summed E-state index contributed by atoms with van der Waals surface area (Å²) >= 11 is 0. The van der Waals surface area contributed by atoms with Gasteiger partial charge in [-0.15, -0.1) is 0 Å². The number of benzene rings is 1. The van der Waals surface area contributed by atoms with Crippen molar-refractivity contribution in [1.29, 1.82) is 0 Å². The van der Waals surface area contributed by atoms with E-state index in [2.05, 4.69) is 35.4 Å². The van der Waals surface area contributed by atoms with Gasteiger partial charge in [-0.2, -0.15) is 0 Å². The molecule has 1 fully saturated rings. The van der Waals surface area contributed by atoms with Crippen molar-refractivity contribution >= 4 is 28.9 Å². The quantitative estimate of drug-likeness (QED) is 0.730. The maximum Gasteiger partial charge on any atom is 0.154 e. The lowest BCUT2D eigenvalue weighted by molar-refractivity contribution is 0.410. The molecule has 5 nitrogen and oxygen atoms in total. The van der Waals surface area contributed by atoms with E-state index in [9.17, 15) is 0 Å². The third kappa shape index (κ3) is 4.31. The van der Waals surface area contributed by atoms with Gasteiger partial charge in [0.2, 0.25) is 0 Å². The first kappa shape index (κ1) is 17.6. The van der Waals surface area contributed by atoms with E-state index in [1.807, 2.05) is 24.3 Å². The van der Waals surface area contributed by atoms with Crippen molar-refractivity contribution < 1.29 is 0 Å². The Balaban J connectivity index is 1.67. The molecule has 0 atom stereocenters. The molecule has 0 unspecified atom stereocenters. The molecule has 1 aromatic carbocycles. The molecule has 3 N–H and O–H groups in total. The van der Waals surface area contributed by atoms with Gasteiger partial charge in [0.25, 0.3) is 0 Å². The molecule has 0 radical (unpaired) electrons. The first-order valence-electron chi connectivity index (χ1n) is 9.56. The molecule has 27 heavy (non-hydrogen) atoms. The van der Waals surface area contributed by atoms with Gasteiger partial charge in [0, 0.05) is 29.9 Å². The first-order chi connectivity index (χ1) is 13.2. The zero-order valence-corrected chi connectivity index (χ0v) is 15.6. The summed E-state index contributed by atoms with van der Waals surface area (Å²) in [6.07, 6.45) is 11.8. The molecule has 0 aliphatic heterocycles. The van der Waals surface area contributed by atoms with Crippen LogP contribution >= 0.6 is 0 Å². The summed E-state index contributed by atoms with van der Waals surface area (Å²) in [6.45, 7) is 2.10. The van der Waals surface area contributed by atoms with Gasteiger partial charge in [-0.05, 0) is 68.5 Å². The van der Waals surface area contributed by atoms with E-state index >= 15 is 0 Å². The van der Waals surface area contributed by atoms with E-state index in [0.717, 1.165) is 48.0 Å². The second-order valence-electron chi connectivity index (χ2n) is 7.32. The van der Waals surface area contributed by atoms with E-state index in [-0.39, 0.29) is 0 Å². The number of hydrogen-bond acceptors (Lipinski definition) is 5. The van der Waals surface area contributed by atoms with E-state index in [1.165, 1.54) is 5.56 Å². The highest BCUT2D eigenvalue weighted by Gasteiger charge is 2.19. The molecule has 3 aromatic rings. The molecule has 1 aliphatic carbocycles. The number of aryl methyl sites for hydroxylation is 1. The van der Waals surface area contributed by atoms with Gasteiger partial charge in [-0.1, -0.05) is 17.7 Å². The first-order valence-corrected chi connectivity index (χ1v) is 9.56. The van der Waals surface area contributed by atoms with Crippen LogP contribution in [0, 0.1) is 6.92 Å². The Morgan fingerprint density at radius 2 is 1.78 bits per heavy atom. The monoisotopic (exact) mass is 359 g/mol. The van der Waals surface area contributed by atoms with Crippen LogP contribution in [-0.4, -0.2) is 27.0 Å². The number of rotatable bonds is 4. The number of anilines is 1. The highest BCUT2D eigenvalue weighted by atomic mass is 15.1. The van der Waals surface area contributed by atoms with E-state index in [0.29, 0.717) is 17.9 Å². The van der Waals surface area contributed by atoms with Crippen LogP contribution in [0.2, 0.25) is 0 Å². The number of nitrogens with zero attached hydrogens (tertiary/aromatic N) is 3. The Hall–Kier alpha value is -2.79. The fourth-order valence-corrected chi connectivity index (χ4v) is 3.55. The molecule has 4 rings (SSSR count). The Bertz CT molecular complexity index is 944. The lowest BCUT2D eigenvalue weighted by Crippen LogP contribution is -2.33. The van der Waals surface area contributed by atoms with Gasteiger partial charge >= 0.3 is 0 Å². The number of nitrogens with one attached hydrogen (secondary N) is 1. The van der Waals surface area contributed by atoms with Crippen LogP contribution in [0.15, 0.2) is 42.7 Å². The molecule has 0 bridgehead atoms. The fourth-order valence-electron chi connectivity index (χ4n) is 3.55. The van der Waals surface area contributed by atoms with Crippen molar-refractivity contribution in [3.63, 3.8) is 0 Å². The smallest absolute Gasteiger partial charge is 0.154 e. The third-order valence-electron chi connectivity index (χ3n) is 5.11. The normalized spacial score (nSPS) is 20.2. The van der Waals surface area contributed by atoms with Crippen molar-refractivity contribution in [3.05, 3.63) is 59.7 Å². The molecule has 0 spiro atoms. The zero-order valence-electron chi connectivity index (χ0n) is 15.6. The van der Waals surface area contributed by atoms with E-state index in [1.54, 1.807) is 12.4 Å². The fraction of sp³-hybridized carbons (Fsp3) is 0.318. The molecule has 0 saturated heterocycles. The highest BCUT2D eigenvalue weighted by molar-refractivity contribution is 5.90. The zero-order chi connectivity index (χ0) is 18.6. The Kier molecular flexibility index (Phi) is 5.12. The molecule has 0 amide bonds. The third-order valence-corrected chi connectivity index (χ3v) is 5.11. The number of pyridine rings is 1. The summed E-state index contributed by atoms with van der Waals surface area (Å²) in [6, 6.07) is 11.0. The van der Waals surface area contributed by atoms with Crippen LogP contribution in [0.3, 0.4) is 0 Å². The van der Waals surface area contributed by atoms with Crippen molar-refractivity contribution in [2.45, 2.75) is 44.7 Å². The summed E-state index contributed by atoms with van der Waals surface area (Å²) in [7, 11) is 0. The van der Waals surface area contributed by atoms with Crippen LogP contribution in [0.25, 0.3) is 23.1 Å². The summed E-state index contributed by atoms with van der Waals surface area (Å²) in [5.74, 6) is 1.62. The predicted molar refractivity (Wildman–Crippen MR) is 111 cm³/mol. The van der Waals surface area contributed by atoms with E-state index in [4.69, 9.17) is 15.7 Å². The maximum absolute atomic E-state index is 6.05. The minimum atomic E-state index is 0.339. The molecule has 2 aromatic heterocycles. The second kappa shape index (κ2) is 7.84. The molecule has 2 heterocycles. The standard InChI is InChI=1S/C22H25N5/c1-15-2-8-20-19(14-15)22(25-18-6-4-17(23)5-7-18)27-21(26-20)9-3-16-10-12-24-13-11-16/h2-3,8-14,17-18H,4-7,23H2,1H3,(H,25,26,27). The average Bonchev–Trinajstić information content (AvgIpc) is 2.69. The molecule has 1 aliphatic rings. The Morgan fingerprint density at radius 1 is 1.00 bits per heavy atom. The summed E-state index contributed by atoms with van der Waals surface area (Å²) in [4.78, 5) is 13.6. The number of nitrogens with two attached hydrogens (primary N) is 1. The van der Waals surface area contributed by atoms with E-state index < -0.39 is 0 Å². The summed E-state index contributed by atoms with van der Waals surface area (Å²) < 4.78 is 0. The molecule has 138 valence electrons. The molecule has 1 saturated carbocycles. The maximum atomic E-state index is 6.05. The highest BCUT2D eigenvalue weighted by Crippen LogP contribution is 2.26. The summed E-state index contributed by atoms with van der Waals surface area (Å²) in [5.41, 5.74) is 9.30. The second-order valence-corrected chi connectivity index (χ2v) is 7.32. The van der Waals surface area contributed by atoms with Gasteiger partial charge in [0.15, 0.2) is 5.82 Å².